The molecule has 106 valence electrons. The maximum absolute atomic E-state index is 11.4. The normalized spacial score (nSPS) is 12.0. The van der Waals surface area contributed by atoms with Gasteiger partial charge in [-0.2, -0.15) is 0 Å². The molecule has 0 fully saturated rings. The average Bonchev–Trinajstić information content (AvgIpc) is 2.36. The van der Waals surface area contributed by atoms with Gasteiger partial charge < -0.3 is 20.1 Å². The third-order valence-electron chi connectivity index (χ3n) is 2.20. The molecule has 0 saturated carbocycles. The Hall–Kier alpha value is -2.83. The Morgan fingerprint density at radius 3 is 2.25 bits per heavy atom. The first-order valence-electron chi connectivity index (χ1n) is 5.51. The SMILES string of the molecule is O=C(O)C[C@@H](OC(=O)C=Cc1ccc(O)cc1)C(=O)O. The van der Waals surface area contributed by atoms with Crippen LogP contribution in [0.3, 0.4) is 0 Å². The Morgan fingerprint density at radius 1 is 1.15 bits per heavy atom. The fourth-order valence-corrected chi connectivity index (χ4v) is 1.27. The van der Waals surface area contributed by atoms with E-state index in [1.54, 1.807) is 0 Å². The lowest BCUT2D eigenvalue weighted by Crippen LogP contribution is -2.28. The molecule has 3 N–H and O–H groups in total. The Morgan fingerprint density at radius 2 is 1.75 bits per heavy atom. The predicted molar refractivity (Wildman–Crippen MR) is 66.9 cm³/mol. The first-order valence-corrected chi connectivity index (χ1v) is 5.51. The second-order valence-electron chi connectivity index (χ2n) is 3.79. The molecule has 0 saturated heterocycles. The zero-order chi connectivity index (χ0) is 15.1. The third kappa shape index (κ3) is 5.21. The van der Waals surface area contributed by atoms with Gasteiger partial charge in [-0.1, -0.05) is 12.1 Å². The van der Waals surface area contributed by atoms with Gasteiger partial charge in [0.25, 0.3) is 0 Å². The van der Waals surface area contributed by atoms with Crippen molar-refractivity contribution >= 4 is 24.0 Å². The summed E-state index contributed by atoms with van der Waals surface area (Å²) in [4.78, 5) is 32.5. The van der Waals surface area contributed by atoms with E-state index in [9.17, 15) is 14.4 Å². The number of phenolic OH excluding ortho intramolecular Hbond substituents is 1. The highest BCUT2D eigenvalue weighted by atomic mass is 16.6. The number of carbonyl (C=O) groups is 3. The number of carboxylic acid groups (broad SMARTS) is 2. The minimum Gasteiger partial charge on any atom is -0.508 e. The molecule has 20 heavy (non-hydrogen) atoms. The largest absolute Gasteiger partial charge is 0.508 e. The lowest BCUT2D eigenvalue weighted by atomic mass is 10.2. The number of hydrogen-bond acceptors (Lipinski definition) is 5. The fourth-order valence-electron chi connectivity index (χ4n) is 1.27. The second-order valence-corrected chi connectivity index (χ2v) is 3.79. The molecule has 0 heterocycles. The van der Waals surface area contributed by atoms with E-state index in [4.69, 9.17) is 15.3 Å². The van der Waals surface area contributed by atoms with Crippen LogP contribution < -0.4 is 0 Å². The maximum Gasteiger partial charge on any atom is 0.345 e. The van der Waals surface area contributed by atoms with Crippen molar-refractivity contribution in [3.05, 3.63) is 35.9 Å². The first kappa shape index (κ1) is 15.2. The molecule has 0 unspecified atom stereocenters. The summed E-state index contributed by atoms with van der Waals surface area (Å²) in [5, 5.41) is 26.2. The van der Waals surface area contributed by atoms with Crippen LogP contribution in [0.15, 0.2) is 30.3 Å². The molecule has 1 aromatic rings. The molecule has 0 spiro atoms. The molecule has 1 aromatic carbocycles. The van der Waals surface area contributed by atoms with Gasteiger partial charge in [-0.3, -0.25) is 4.79 Å². The molecule has 1 atom stereocenters. The Balaban J connectivity index is 2.63. The van der Waals surface area contributed by atoms with Crippen LogP contribution in [0.4, 0.5) is 0 Å². The molecule has 7 heteroatoms. The van der Waals surface area contributed by atoms with Gasteiger partial charge in [-0.25, -0.2) is 9.59 Å². The number of aliphatic carboxylic acids is 2. The van der Waals surface area contributed by atoms with E-state index in [0.717, 1.165) is 6.08 Å². The van der Waals surface area contributed by atoms with Crippen molar-refractivity contribution in [2.75, 3.05) is 0 Å². The number of phenols is 1. The van der Waals surface area contributed by atoms with E-state index in [2.05, 4.69) is 4.74 Å². The molecule has 1 rings (SSSR count). The van der Waals surface area contributed by atoms with Gasteiger partial charge in [0.05, 0.1) is 6.42 Å². The lowest BCUT2D eigenvalue weighted by molar-refractivity contribution is -0.164. The van der Waals surface area contributed by atoms with Gasteiger partial charge in [0.15, 0.2) is 0 Å². The number of esters is 1. The topological polar surface area (TPSA) is 121 Å². The summed E-state index contributed by atoms with van der Waals surface area (Å²) < 4.78 is 4.51. The summed E-state index contributed by atoms with van der Waals surface area (Å²) in [6, 6.07) is 5.89. The minimum absolute atomic E-state index is 0.0668. The van der Waals surface area contributed by atoms with E-state index in [1.165, 1.54) is 30.3 Å². The highest BCUT2D eigenvalue weighted by Crippen LogP contribution is 2.11. The van der Waals surface area contributed by atoms with Crippen molar-refractivity contribution in [2.24, 2.45) is 0 Å². The number of ether oxygens (including phenoxy) is 1. The molecule has 0 aliphatic carbocycles. The fraction of sp³-hybridized carbons (Fsp3) is 0.154. The molecule has 0 aliphatic rings. The molecular weight excluding hydrogens is 268 g/mol. The second kappa shape index (κ2) is 6.93. The van der Waals surface area contributed by atoms with E-state index in [0.29, 0.717) is 5.56 Å². The van der Waals surface area contributed by atoms with Crippen LogP contribution >= 0.6 is 0 Å². The van der Waals surface area contributed by atoms with Crippen LogP contribution in [0, 0.1) is 0 Å². The number of hydrogen-bond donors (Lipinski definition) is 3. The summed E-state index contributed by atoms with van der Waals surface area (Å²) in [7, 11) is 0. The molecule has 0 amide bonds. The van der Waals surface area contributed by atoms with Gasteiger partial charge in [0, 0.05) is 6.08 Å². The molecule has 7 nitrogen and oxygen atoms in total. The number of aromatic hydroxyl groups is 1. The molecule has 0 aliphatic heterocycles. The van der Waals surface area contributed by atoms with E-state index >= 15 is 0 Å². The Labute approximate surface area is 113 Å². The highest BCUT2D eigenvalue weighted by Gasteiger charge is 2.24. The monoisotopic (exact) mass is 280 g/mol. The number of carboxylic acids is 2. The van der Waals surface area contributed by atoms with E-state index in [1.807, 2.05) is 0 Å². The zero-order valence-electron chi connectivity index (χ0n) is 10.2. The number of carbonyl (C=O) groups excluding carboxylic acids is 1. The van der Waals surface area contributed by atoms with Crippen LogP contribution in [-0.2, 0) is 19.1 Å². The smallest absolute Gasteiger partial charge is 0.345 e. The van der Waals surface area contributed by atoms with Crippen molar-refractivity contribution < 1.29 is 34.4 Å². The Bertz CT molecular complexity index is 530. The third-order valence-corrected chi connectivity index (χ3v) is 2.20. The molecule has 0 aromatic heterocycles. The van der Waals surface area contributed by atoms with E-state index < -0.39 is 30.4 Å². The van der Waals surface area contributed by atoms with Crippen molar-refractivity contribution in [1.82, 2.24) is 0 Å². The van der Waals surface area contributed by atoms with Crippen LogP contribution in [0.2, 0.25) is 0 Å². The van der Waals surface area contributed by atoms with Crippen molar-refractivity contribution in [3.63, 3.8) is 0 Å². The summed E-state index contributed by atoms with van der Waals surface area (Å²) >= 11 is 0. The van der Waals surface area contributed by atoms with Crippen LogP contribution in [-0.4, -0.2) is 39.3 Å². The predicted octanol–water partition coefficient (Wildman–Crippen LogP) is 0.877. The standard InChI is InChI=1S/C13H12O7/c14-9-4-1-8(2-5-9)3-6-12(17)20-10(13(18)19)7-11(15)16/h1-6,10,14H,7H2,(H,15,16)(H,18,19)/t10-/m1/s1. The lowest BCUT2D eigenvalue weighted by Gasteiger charge is -2.09. The van der Waals surface area contributed by atoms with Crippen LogP contribution in [0.1, 0.15) is 12.0 Å². The van der Waals surface area contributed by atoms with Crippen molar-refractivity contribution in [1.29, 1.82) is 0 Å². The summed E-state index contributed by atoms with van der Waals surface area (Å²) in [6.45, 7) is 0. The van der Waals surface area contributed by atoms with Gasteiger partial charge >= 0.3 is 17.9 Å². The van der Waals surface area contributed by atoms with Crippen LogP contribution in [0.5, 0.6) is 5.75 Å². The summed E-state index contributed by atoms with van der Waals surface area (Å²) in [5.74, 6) is -3.81. The molecular formula is C13H12O7. The van der Waals surface area contributed by atoms with E-state index in [-0.39, 0.29) is 5.75 Å². The van der Waals surface area contributed by atoms with Crippen LogP contribution in [0.25, 0.3) is 6.08 Å². The molecule has 0 radical (unpaired) electrons. The number of benzene rings is 1. The van der Waals surface area contributed by atoms with Crippen molar-refractivity contribution in [2.45, 2.75) is 12.5 Å². The average molecular weight is 280 g/mol. The minimum atomic E-state index is -1.73. The van der Waals surface area contributed by atoms with Gasteiger partial charge in [0.1, 0.15) is 5.75 Å². The van der Waals surface area contributed by atoms with Crippen molar-refractivity contribution in [3.8, 4) is 5.75 Å². The van der Waals surface area contributed by atoms with Gasteiger partial charge in [0.2, 0.25) is 6.10 Å². The summed E-state index contributed by atoms with van der Waals surface area (Å²) in [6.07, 6.45) is -0.218. The number of rotatable bonds is 6. The van der Waals surface area contributed by atoms with Gasteiger partial charge in [-0.05, 0) is 23.8 Å². The quantitative estimate of drug-likeness (QED) is 0.522. The first-order chi connectivity index (χ1) is 9.38. The van der Waals surface area contributed by atoms with Gasteiger partial charge in [-0.15, -0.1) is 0 Å². The zero-order valence-corrected chi connectivity index (χ0v) is 10.2. The highest BCUT2D eigenvalue weighted by molar-refractivity contribution is 5.90. The maximum atomic E-state index is 11.4. The molecule has 0 bridgehead atoms. The summed E-state index contributed by atoms with van der Waals surface area (Å²) in [5.41, 5.74) is 0.588. The Kier molecular flexibility index (Phi) is 5.28.